The number of aromatic nitrogens is 1. The lowest BCUT2D eigenvalue weighted by Crippen LogP contribution is -2.26. The van der Waals surface area contributed by atoms with Crippen molar-refractivity contribution in [2.24, 2.45) is 0 Å². The predicted molar refractivity (Wildman–Crippen MR) is 52.8 cm³/mol. The summed E-state index contributed by atoms with van der Waals surface area (Å²) in [5.41, 5.74) is 0.740. The zero-order chi connectivity index (χ0) is 10.6. The van der Waals surface area contributed by atoms with Gasteiger partial charge in [-0.05, 0) is 19.1 Å². The fraction of sp³-hybridized carbons (Fsp3) is 0.400. The van der Waals surface area contributed by atoms with Crippen LogP contribution in [0.25, 0.3) is 0 Å². The maximum atomic E-state index is 11.1. The molecule has 4 nitrogen and oxygen atoms in total. The van der Waals surface area contributed by atoms with E-state index in [9.17, 15) is 4.79 Å². The Morgan fingerprint density at radius 3 is 2.86 bits per heavy atom. The van der Waals surface area contributed by atoms with Crippen LogP contribution in [0.15, 0.2) is 18.3 Å². The van der Waals surface area contributed by atoms with Gasteiger partial charge in [-0.1, -0.05) is 6.92 Å². The minimum Gasteiger partial charge on any atom is -0.506 e. The number of aromatic hydroxyl groups is 1. The predicted octanol–water partition coefficient (Wildman–Crippen LogP) is 1.37. The van der Waals surface area contributed by atoms with Gasteiger partial charge in [0.25, 0.3) is 0 Å². The van der Waals surface area contributed by atoms with E-state index in [1.807, 2.05) is 6.92 Å². The molecule has 0 aliphatic heterocycles. The van der Waals surface area contributed by atoms with E-state index in [-0.39, 0.29) is 17.7 Å². The van der Waals surface area contributed by atoms with Crippen LogP contribution >= 0.6 is 0 Å². The Morgan fingerprint density at radius 1 is 1.64 bits per heavy atom. The Hall–Kier alpha value is -1.58. The monoisotopic (exact) mass is 194 g/mol. The summed E-state index contributed by atoms with van der Waals surface area (Å²) in [7, 11) is 0. The Balaban J connectivity index is 2.65. The number of hydrogen-bond donors (Lipinski definition) is 2. The number of nitrogens with zero attached hydrogens (tertiary/aromatic N) is 1. The molecule has 14 heavy (non-hydrogen) atoms. The van der Waals surface area contributed by atoms with Crippen molar-refractivity contribution in [3.05, 3.63) is 24.0 Å². The third-order valence-electron chi connectivity index (χ3n) is 1.91. The van der Waals surface area contributed by atoms with Crippen molar-refractivity contribution in [3.8, 4) is 5.75 Å². The van der Waals surface area contributed by atoms with Gasteiger partial charge in [0.2, 0.25) is 5.91 Å². The summed E-state index contributed by atoms with van der Waals surface area (Å²) in [6.07, 6.45) is 1.83. The molecule has 1 rings (SSSR count). The van der Waals surface area contributed by atoms with Gasteiger partial charge in [0.1, 0.15) is 5.75 Å². The number of carbonyl (C=O) groups excluding carboxylic acids is 1. The van der Waals surface area contributed by atoms with Crippen LogP contribution in [0.1, 0.15) is 32.0 Å². The number of nitrogens with one attached hydrogen (secondary N) is 1. The lowest BCUT2D eigenvalue weighted by molar-refractivity contribution is -0.121. The second-order valence-electron chi connectivity index (χ2n) is 3.08. The number of carbonyl (C=O) groups is 1. The van der Waals surface area contributed by atoms with Gasteiger partial charge in [0.15, 0.2) is 0 Å². The average molecular weight is 194 g/mol. The zero-order valence-electron chi connectivity index (χ0n) is 8.32. The van der Waals surface area contributed by atoms with Crippen LogP contribution in [0.4, 0.5) is 0 Å². The van der Waals surface area contributed by atoms with Crippen LogP contribution in [0.3, 0.4) is 0 Å². The van der Waals surface area contributed by atoms with Crippen molar-refractivity contribution in [3.63, 3.8) is 0 Å². The van der Waals surface area contributed by atoms with Gasteiger partial charge in [-0.3, -0.25) is 9.78 Å². The van der Waals surface area contributed by atoms with E-state index in [4.69, 9.17) is 5.11 Å². The topological polar surface area (TPSA) is 62.2 Å². The summed E-state index contributed by atoms with van der Waals surface area (Å²) in [6.45, 7) is 3.65. The van der Waals surface area contributed by atoms with Crippen LogP contribution in [-0.4, -0.2) is 16.0 Å². The average Bonchev–Trinajstić information content (AvgIpc) is 2.18. The van der Waals surface area contributed by atoms with E-state index < -0.39 is 0 Å². The lowest BCUT2D eigenvalue weighted by atomic mass is 10.2. The van der Waals surface area contributed by atoms with E-state index in [2.05, 4.69) is 10.3 Å². The summed E-state index contributed by atoms with van der Waals surface area (Å²) < 4.78 is 0. The largest absolute Gasteiger partial charge is 0.506 e. The van der Waals surface area contributed by atoms with Gasteiger partial charge in [-0.2, -0.15) is 0 Å². The molecule has 0 saturated carbocycles. The first-order chi connectivity index (χ1) is 6.63. The highest BCUT2D eigenvalue weighted by atomic mass is 16.3. The number of pyridine rings is 1. The molecule has 2 N–H and O–H groups in total. The zero-order valence-corrected chi connectivity index (χ0v) is 8.32. The van der Waals surface area contributed by atoms with Crippen molar-refractivity contribution in [1.29, 1.82) is 0 Å². The molecule has 0 fully saturated rings. The number of hydrogen-bond acceptors (Lipinski definition) is 3. The van der Waals surface area contributed by atoms with Crippen molar-refractivity contribution in [1.82, 2.24) is 10.3 Å². The van der Waals surface area contributed by atoms with E-state index in [1.54, 1.807) is 19.1 Å². The van der Waals surface area contributed by atoms with Crippen molar-refractivity contribution in [2.75, 3.05) is 0 Å². The Kier molecular flexibility index (Phi) is 3.45. The first-order valence-electron chi connectivity index (χ1n) is 4.57. The maximum absolute atomic E-state index is 11.1. The summed E-state index contributed by atoms with van der Waals surface area (Å²) >= 11 is 0. The second-order valence-corrected chi connectivity index (χ2v) is 3.08. The Morgan fingerprint density at radius 2 is 2.36 bits per heavy atom. The third kappa shape index (κ3) is 2.73. The first-order valence-corrected chi connectivity index (χ1v) is 4.57. The molecule has 1 aromatic heterocycles. The normalized spacial score (nSPS) is 12.1. The molecule has 76 valence electrons. The van der Waals surface area contributed by atoms with Crippen molar-refractivity contribution >= 4 is 5.91 Å². The lowest BCUT2D eigenvalue weighted by Gasteiger charge is -2.12. The summed E-state index contributed by atoms with van der Waals surface area (Å²) in [5, 5.41) is 11.8. The smallest absolute Gasteiger partial charge is 0.220 e. The number of amides is 1. The quantitative estimate of drug-likeness (QED) is 0.764. The molecule has 0 aromatic carbocycles. The summed E-state index contributed by atoms with van der Waals surface area (Å²) in [6, 6.07) is 3.12. The molecule has 0 bridgehead atoms. The van der Waals surface area contributed by atoms with Gasteiger partial charge >= 0.3 is 0 Å². The fourth-order valence-electron chi connectivity index (χ4n) is 1.07. The molecule has 1 aromatic rings. The standard InChI is InChI=1S/C10H14N2O2/c1-3-10(14)12-7(2)9-5-4-8(13)6-11-9/h4-7,13H,3H2,1-2H3,(H,12,14). The molecule has 1 atom stereocenters. The molecule has 1 unspecified atom stereocenters. The second kappa shape index (κ2) is 4.60. The summed E-state index contributed by atoms with van der Waals surface area (Å²) in [5.74, 6) is 0.121. The number of rotatable bonds is 3. The van der Waals surface area contributed by atoms with Crippen LogP contribution < -0.4 is 5.32 Å². The van der Waals surface area contributed by atoms with Crippen LogP contribution in [0.5, 0.6) is 5.75 Å². The molecule has 1 heterocycles. The van der Waals surface area contributed by atoms with Gasteiger partial charge in [0.05, 0.1) is 17.9 Å². The van der Waals surface area contributed by atoms with Crippen molar-refractivity contribution in [2.45, 2.75) is 26.3 Å². The van der Waals surface area contributed by atoms with Gasteiger partial charge in [-0.25, -0.2) is 0 Å². The fourth-order valence-corrected chi connectivity index (χ4v) is 1.07. The molecular weight excluding hydrogens is 180 g/mol. The molecule has 0 spiro atoms. The first kappa shape index (κ1) is 10.5. The highest BCUT2D eigenvalue weighted by Crippen LogP contribution is 2.12. The molecule has 4 heteroatoms. The molecule has 0 aliphatic carbocycles. The van der Waals surface area contributed by atoms with Gasteiger partial charge < -0.3 is 10.4 Å². The highest BCUT2D eigenvalue weighted by Gasteiger charge is 2.08. The molecule has 0 radical (unpaired) electrons. The van der Waals surface area contributed by atoms with E-state index in [0.29, 0.717) is 6.42 Å². The third-order valence-corrected chi connectivity index (χ3v) is 1.91. The van der Waals surface area contributed by atoms with E-state index >= 15 is 0 Å². The molecular formula is C10H14N2O2. The summed E-state index contributed by atoms with van der Waals surface area (Å²) in [4.78, 5) is 15.1. The van der Waals surface area contributed by atoms with Crippen LogP contribution in [-0.2, 0) is 4.79 Å². The Labute approximate surface area is 83.0 Å². The van der Waals surface area contributed by atoms with Crippen molar-refractivity contribution < 1.29 is 9.90 Å². The molecule has 0 saturated heterocycles. The SMILES string of the molecule is CCC(=O)NC(C)c1ccc(O)cn1. The van der Waals surface area contributed by atoms with Crippen LogP contribution in [0, 0.1) is 0 Å². The molecule has 1 amide bonds. The maximum Gasteiger partial charge on any atom is 0.220 e. The minimum atomic E-state index is -0.122. The van der Waals surface area contributed by atoms with E-state index in [1.165, 1.54) is 6.20 Å². The highest BCUT2D eigenvalue weighted by molar-refractivity contribution is 5.75. The van der Waals surface area contributed by atoms with Crippen LogP contribution in [0.2, 0.25) is 0 Å². The van der Waals surface area contributed by atoms with Gasteiger partial charge in [0, 0.05) is 6.42 Å². The minimum absolute atomic E-state index is 0.00706. The molecule has 0 aliphatic rings. The van der Waals surface area contributed by atoms with E-state index in [0.717, 1.165) is 5.69 Å². The Bertz CT molecular complexity index is 308. The van der Waals surface area contributed by atoms with Gasteiger partial charge in [-0.15, -0.1) is 0 Å².